The zero-order valence-corrected chi connectivity index (χ0v) is 12.6. The summed E-state index contributed by atoms with van der Waals surface area (Å²) >= 11 is 0. The van der Waals surface area contributed by atoms with Gasteiger partial charge in [-0.2, -0.15) is 5.10 Å². The molecule has 0 aromatic carbocycles. The van der Waals surface area contributed by atoms with Crippen molar-refractivity contribution in [3.05, 3.63) is 17.5 Å². The van der Waals surface area contributed by atoms with Gasteiger partial charge < -0.3 is 5.32 Å². The van der Waals surface area contributed by atoms with Gasteiger partial charge in [0.2, 0.25) is 0 Å². The second-order valence-corrected chi connectivity index (χ2v) is 6.27. The second-order valence-electron chi connectivity index (χ2n) is 6.27. The average molecular weight is 262 g/mol. The van der Waals surface area contributed by atoms with Gasteiger partial charge in [0.15, 0.2) is 0 Å². The number of rotatable bonds is 3. The molecule has 2 saturated heterocycles. The van der Waals surface area contributed by atoms with Gasteiger partial charge in [0, 0.05) is 37.4 Å². The molecule has 2 aliphatic heterocycles. The number of hydrogen-bond acceptors (Lipinski definition) is 3. The molecule has 1 aromatic heterocycles. The predicted octanol–water partition coefficient (Wildman–Crippen LogP) is 1.72. The van der Waals surface area contributed by atoms with E-state index in [-0.39, 0.29) is 0 Å². The molecule has 4 nitrogen and oxygen atoms in total. The van der Waals surface area contributed by atoms with Gasteiger partial charge in [0.1, 0.15) is 0 Å². The van der Waals surface area contributed by atoms with Crippen molar-refractivity contribution in [2.75, 3.05) is 19.6 Å². The van der Waals surface area contributed by atoms with E-state index in [1.807, 2.05) is 11.7 Å². The molecule has 1 aromatic rings. The molecule has 4 unspecified atom stereocenters. The van der Waals surface area contributed by atoms with E-state index in [2.05, 4.69) is 42.3 Å². The number of fused-ring (bicyclic) bond motifs is 1. The van der Waals surface area contributed by atoms with E-state index in [0.29, 0.717) is 6.04 Å². The Morgan fingerprint density at radius 1 is 1.47 bits per heavy atom. The molecule has 2 aliphatic rings. The Bertz CT molecular complexity index is 453. The fraction of sp³-hybridized carbons (Fsp3) is 0.800. The standard InChI is InChI=1S/C15H26N4/c1-5-15-13-7-16-6-12(13)8-19(15)11(3)14-9-18(4)17-10(14)2/h9,11-13,15-16H,5-8H2,1-4H3. The van der Waals surface area contributed by atoms with Gasteiger partial charge in [-0.15, -0.1) is 0 Å². The van der Waals surface area contributed by atoms with E-state index in [9.17, 15) is 0 Å². The molecule has 0 amide bonds. The van der Waals surface area contributed by atoms with Crippen molar-refractivity contribution in [1.82, 2.24) is 20.0 Å². The number of nitrogens with one attached hydrogen (secondary N) is 1. The Morgan fingerprint density at radius 2 is 2.26 bits per heavy atom. The molecular formula is C15H26N4. The summed E-state index contributed by atoms with van der Waals surface area (Å²) in [4.78, 5) is 2.72. The maximum atomic E-state index is 4.50. The third-order valence-corrected chi connectivity index (χ3v) is 5.17. The van der Waals surface area contributed by atoms with Gasteiger partial charge >= 0.3 is 0 Å². The van der Waals surface area contributed by atoms with Crippen LogP contribution < -0.4 is 5.32 Å². The van der Waals surface area contributed by atoms with Crippen molar-refractivity contribution in [1.29, 1.82) is 0 Å². The fourth-order valence-electron chi connectivity index (χ4n) is 4.25. The van der Waals surface area contributed by atoms with Crippen LogP contribution >= 0.6 is 0 Å². The van der Waals surface area contributed by atoms with Crippen LogP contribution in [-0.4, -0.2) is 40.4 Å². The molecule has 3 heterocycles. The van der Waals surface area contributed by atoms with Gasteiger partial charge in [-0.05, 0) is 45.2 Å². The van der Waals surface area contributed by atoms with Gasteiger partial charge in [-0.25, -0.2) is 0 Å². The van der Waals surface area contributed by atoms with Crippen molar-refractivity contribution < 1.29 is 0 Å². The summed E-state index contributed by atoms with van der Waals surface area (Å²) in [6, 6.07) is 1.22. The van der Waals surface area contributed by atoms with Crippen LogP contribution in [0.15, 0.2) is 6.20 Å². The lowest BCUT2D eigenvalue weighted by molar-refractivity contribution is 0.165. The zero-order chi connectivity index (χ0) is 13.6. The first-order chi connectivity index (χ1) is 9.11. The van der Waals surface area contributed by atoms with Crippen LogP contribution in [0.4, 0.5) is 0 Å². The number of likely N-dealkylation sites (tertiary alicyclic amines) is 1. The first kappa shape index (κ1) is 13.1. The summed E-state index contributed by atoms with van der Waals surface area (Å²) < 4.78 is 1.95. The van der Waals surface area contributed by atoms with E-state index in [0.717, 1.165) is 17.9 Å². The second kappa shape index (κ2) is 4.91. The van der Waals surface area contributed by atoms with Crippen molar-refractivity contribution in [3.63, 3.8) is 0 Å². The smallest absolute Gasteiger partial charge is 0.0641 e. The Morgan fingerprint density at radius 3 is 2.89 bits per heavy atom. The normalized spacial score (nSPS) is 32.7. The minimum Gasteiger partial charge on any atom is -0.316 e. The number of nitrogens with zero attached hydrogens (tertiary/aromatic N) is 3. The molecule has 4 atom stereocenters. The molecule has 1 N–H and O–H groups in total. The van der Waals surface area contributed by atoms with Crippen LogP contribution in [0.1, 0.15) is 37.6 Å². The highest BCUT2D eigenvalue weighted by molar-refractivity contribution is 5.20. The van der Waals surface area contributed by atoms with Crippen LogP contribution in [0.3, 0.4) is 0 Å². The topological polar surface area (TPSA) is 33.1 Å². The van der Waals surface area contributed by atoms with E-state index in [1.54, 1.807) is 0 Å². The Kier molecular flexibility index (Phi) is 3.39. The van der Waals surface area contributed by atoms with Crippen molar-refractivity contribution in [2.45, 2.75) is 39.3 Å². The van der Waals surface area contributed by atoms with Crippen molar-refractivity contribution in [2.24, 2.45) is 18.9 Å². The van der Waals surface area contributed by atoms with Crippen molar-refractivity contribution in [3.8, 4) is 0 Å². The zero-order valence-electron chi connectivity index (χ0n) is 12.6. The third kappa shape index (κ3) is 2.11. The average Bonchev–Trinajstić information content (AvgIpc) is 3.01. The molecule has 4 heteroatoms. The van der Waals surface area contributed by atoms with Crippen LogP contribution in [0, 0.1) is 18.8 Å². The van der Waals surface area contributed by atoms with Crippen LogP contribution in [0.5, 0.6) is 0 Å². The Balaban J connectivity index is 1.83. The lowest BCUT2D eigenvalue weighted by Crippen LogP contribution is -2.37. The summed E-state index contributed by atoms with van der Waals surface area (Å²) in [7, 11) is 2.02. The Labute approximate surface area is 116 Å². The minimum atomic E-state index is 0.490. The Hall–Kier alpha value is -0.870. The molecule has 0 aliphatic carbocycles. The highest BCUT2D eigenvalue weighted by Crippen LogP contribution is 2.39. The maximum Gasteiger partial charge on any atom is 0.0641 e. The number of aromatic nitrogens is 2. The molecule has 0 bridgehead atoms. The molecular weight excluding hydrogens is 236 g/mol. The first-order valence-corrected chi connectivity index (χ1v) is 7.58. The lowest BCUT2D eigenvalue weighted by atomic mass is 9.92. The molecule has 0 radical (unpaired) electrons. The van der Waals surface area contributed by atoms with E-state index < -0.39 is 0 Å². The first-order valence-electron chi connectivity index (χ1n) is 7.58. The summed E-state index contributed by atoms with van der Waals surface area (Å²) in [6.45, 7) is 10.5. The molecule has 0 saturated carbocycles. The lowest BCUT2D eigenvalue weighted by Gasteiger charge is -2.32. The van der Waals surface area contributed by atoms with Crippen molar-refractivity contribution >= 4 is 0 Å². The van der Waals surface area contributed by atoms with E-state index in [4.69, 9.17) is 0 Å². The molecule has 106 valence electrons. The summed E-state index contributed by atoms with van der Waals surface area (Å²) in [5, 5.41) is 8.06. The molecule has 3 rings (SSSR count). The minimum absolute atomic E-state index is 0.490. The predicted molar refractivity (Wildman–Crippen MR) is 77.0 cm³/mol. The number of aryl methyl sites for hydroxylation is 2. The largest absolute Gasteiger partial charge is 0.316 e. The third-order valence-electron chi connectivity index (χ3n) is 5.17. The van der Waals surface area contributed by atoms with E-state index >= 15 is 0 Å². The molecule has 2 fully saturated rings. The highest BCUT2D eigenvalue weighted by atomic mass is 15.3. The summed E-state index contributed by atoms with van der Waals surface area (Å²) in [6.07, 6.45) is 3.45. The highest BCUT2D eigenvalue weighted by Gasteiger charge is 2.45. The summed E-state index contributed by atoms with van der Waals surface area (Å²) in [5.41, 5.74) is 2.58. The van der Waals surface area contributed by atoms with Crippen LogP contribution in [0.25, 0.3) is 0 Å². The molecule has 19 heavy (non-hydrogen) atoms. The van der Waals surface area contributed by atoms with Crippen LogP contribution in [-0.2, 0) is 7.05 Å². The summed E-state index contributed by atoms with van der Waals surface area (Å²) in [5.74, 6) is 1.70. The van der Waals surface area contributed by atoms with Gasteiger partial charge in [0.05, 0.1) is 5.69 Å². The SMILES string of the molecule is CCC1C2CNCC2CN1C(C)c1cn(C)nc1C. The maximum absolute atomic E-state index is 4.50. The van der Waals surface area contributed by atoms with Crippen LogP contribution in [0.2, 0.25) is 0 Å². The molecule has 0 spiro atoms. The van der Waals surface area contributed by atoms with Gasteiger partial charge in [0.25, 0.3) is 0 Å². The van der Waals surface area contributed by atoms with Gasteiger partial charge in [-0.3, -0.25) is 9.58 Å². The monoisotopic (exact) mass is 262 g/mol. The quantitative estimate of drug-likeness (QED) is 0.900. The van der Waals surface area contributed by atoms with E-state index in [1.165, 1.54) is 37.3 Å². The fourth-order valence-corrected chi connectivity index (χ4v) is 4.25. The number of hydrogen-bond donors (Lipinski definition) is 1. The van der Waals surface area contributed by atoms with Gasteiger partial charge in [-0.1, -0.05) is 6.92 Å².